The average Bonchev–Trinajstić information content (AvgIpc) is 1.70. The zero-order valence-electron chi connectivity index (χ0n) is 55.1. The zero-order chi connectivity index (χ0) is 71.7. The van der Waals surface area contributed by atoms with Gasteiger partial charge in [-0.3, -0.25) is 38.7 Å². The minimum Gasteiger partial charge on any atom is -0.484 e. The van der Waals surface area contributed by atoms with Gasteiger partial charge in [0.15, 0.2) is 6.61 Å². The van der Waals surface area contributed by atoms with E-state index >= 15 is 0 Å². The van der Waals surface area contributed by atoms with Gasteiger partial charge in [-0.2, -0.15) is 28.5 Å². The summed E-state index contributed by atoms with van der Waals surface area (Å²) in [6.07, 6.45) is 8.00. The van der Waals surface area contributed by atoms with Crippen molar-refractivity contribution in [3.05, 3.63) is 164 Å². The van der Waals surface area contributed by atoms with Gasteiger partial charge < -0.3 is 63.3 Å². The first kappa shape index (κ1) is 69.0. The van der Waals surface area contributed by atoms with E-state index in [1.165, 1.54) is 36.4 Å². The lowest BCUT2D eigenvalue weighted by Crippen LogP contribution is -2.63. The topological polar surface area (TPSA) is 375 Å². The standard InChI is InChI=1S/C26H26N6O3.C25H26N6O3.C21H22F3N5O3/c1-2-6-21(33)31-12-11-26(16-31)13-17(14-26)32-24(27)22(25(28)34)23(30-32)20-10-9-19(15-29-20)35-18-7-4-3-5-8-18;1-2-20(32)30-11-10-25(15-30)12-16(13-25)31-23(26)21(24(27)33)22(29-31)19-9-8-18(14-28-19)34-17-6-4-3-5-7-17;1-2-15(30)28-9-20(10-28)7-13(8-20)29-18(25)16(19(26)31)17(27-29)12-3-5-14(6-4-12)32-11-21(22,23)24/h3-5,7-10,15,17H,11-14,16,27H2,1H3,(H2,28,34);2-9,14,16H,1,10-13,15,26H2,(H2,27,33);2-6,13H,1,7-11,25H2,(H2,26,31). The average molecular weight is 1380 g/mol. The van der Waals surface area contributed by atoms with E-state index in [4.69, 9.17) is 48.6 Å². The first-order chi connectivity index (χ1) is 48.3. The molecule has 0 unspecified atom stereocenters. The van der Waals surface area contributed by atoms with Crippen LogP contribution in [0.15, 0.2) is 147 Å². The Hall–Kier alpha value is -12.0. The highest BCUT2D eigenvalue weighted by molar-refractivity contribution is 6.05. The summed E-state index contributed by atoms with van der Waals surface area (Å²) in [6.45, 7) is 11.4. The van der Waals surface area contributed by atoms with Crippen LogP contribution in [0.1, 0.15) is 107 Å². The predicted molar refractivity (Wildman–Crippen MR) is 367 cm³/mol. The Labute approximate surface area is 578 Å². The van der Waals surface area contributed by atoms with Gasteiger partial charge in [-0.1, -0.05) is 55.5 Å². The van der Waals surface area contributed by atoms with E-state index in [-0.39, 0.29) is 97.7 Å². The molecule has 12 N–H and O–H groups in total. The number of carbonyl (C=O) groups excluding carboxylic acids is 6. The summed E-state index contributed by atoms with van der Waals surface area (Å²) in [5.41, 5.74) is 38.7. The van der Waals surface area contributed by atoms with Crippen LogP contribution in [0.4, 0.5) is 30.6 Å². The minimum absolute atomic E-state index is 0.0201. The van der Waals surface area contributed by atoms with Gasteiger partial charge in [0.25, 0.3) is 23.6 Å². The number of alkyl halides is 3. The van der Waals surface area contributed by atoms with E-state index < -0.39 is 30.5 Å². The molecule has 5 aromatic heterocycles. The SMILES string of the molecule is C=CC(=O)N1CC2(CC(n3nc(-c4ccc(OCC(F)(F)F)cc4)c(C(N)=O)c3N)C2)C1.C=CC(=O)N1CCC2(CC(n3nc(-c4ccc(Oc5ccccc5)cn4)c(C(N)=O)c3N)C2)C1.CC#CC(=O)N1CCC2(CC(n3nc(-c4ccc(Oc5ccccc5)cn4)c(C(N)=O)c3N)C2)C1. The highest BCUT2D eigenvalue weighted by atomic mass is 19.4. The normalized spacial score (nSPS) is 16.9. The molecule has 3 aliphatic heterocycles. The number of hydrogen-bond donors (Lipinski definition) is 6. The Morgan fingerprint density at radius 1 is 0.525 bits per heavy atom. The summed E-state index contributed by atoms with van der Waals surface area (Å²) in [6, 6.07) is 31.5. The third kappa shape index (κ3) is 14.4. The lowest BCUT2D eigenvalue weighted by Gasteiger charge is -2.58. The van der Waals surface area contributed by atoms with Gasteiger partial charge in [-0.05, 0) is 160 Å². The number of aromatic nitrogens is 8. The maximum Gasteiger partial charge on any atom is 0.422 e. The lowest BCUT2D eigenvalue weighted by atomic mass is 9.60. The smallest absolute Gasteiger partial charge is 0.422 e. The maximum absolute atomic E-state index is 12.3. The fourth-order valence-corrected chi connectivity index (χ4v) is 14.6. The number of pyridine rings is 2. The molecular formula is C72H74F3N17O9. The number of hydrogen-bond acceptors (Lipinski definition) is 17. The highest BCUT2D eigenvalue weighted by Gasteiger charge is 2.55. The van der Waals surface area contributed by atoms with Gasteiger partial charge in [0.1, 0.15) is 80.0 Å². The quantitative estimate of drug-likeness (QED) is 0.0366. The number of nitrogen functional groups attached to an aromatic ring is 3. The first-order valence-corrected chi connectivity index (χ1v) is 32.6. The number of halogens is 3. The van der Waals surface area contributed by atoms with Gasteiger partial charge in [0, 0.05) is 50.2 Å². The molecule has 8 heterocycles. The third-order valence-corrected chi connectivity index (χ3v) is 19.5. The molecule has 26 nitrogen and oxygen atoms in total. The van der Waals surface area contributed by atoms with E-state index in [1.54, 1.807) is 62.5 Å². The van der Waals surface area contributed by atoms with Crippen molar-refractivity contribution in [2.45, 2.75) is 82.6 Å². The van der Waals surface area contributed by atoms with Crippen LogP contribution < -0.4 is 48.6 Å². The van der Waals surface area contributed by atoms with Crippen molar-refractivity contribution in [1.29, 1.82) is 0 Å². The number of anilines is 3. The van der Waals surface area contributed by atoms with Gasteiger partial charge in [-0.25, -0.2) is 14.0 Å². The number of nitrogens with zero attached hydrogens (tertiary/aromatic N) is 11. The summed E-state index contributed by atoms with van der Waals surface area (Å²) in [4.78, 5) is 86.6. The fraction of sp³-hybridized carbons (Fsp3) is 0.319. The van der Waals surface area contributed by atoms with E-state index in [0.717, 1.165) is 57.9 Å². The van der Waals surface area contributed by atoms with Crippen LogP contribution in [0, 0.1) is 28.1 Å². The van der Waals surface area contributed by atoms with E-state index in [9.17, 15) is 41.9 Å². The van der Waals surface area contributed by atoms with E-state index in [0.29, 0.717) is 84.1 Å². The molecule has 3 spiro atoms. The Morgan fingerprint density at radius 3 is 1.32 bits per heavy atom. The number of rotatable bonds is 17. The molecule has 522 valence electrons. The van der Waals surface area contributed by atoms with Crippen molar-refractivity contribution in [3.63, 3.8) is 0 Å². The summed E-state index contributed by atoms with van der Waals surface area (Å²) in [5, 5.41) is 13.8. The molecule has 6 amide bonds. The van der Waals surface area contributed by atoms with Crippen molar-refractivity contribution in [1.82, 2.24) is 54.0 Å². The number of primary amides is 3. The van der Waals surface area contributed by atoms with Gasteiger partial charge in [0.05, 0.1) is 41.9 Å². The molecule has 3 aromatic carbocycles. The fourth-order valence-electron chi connectivity index (χ4n) is 14.6. The van der Waals surface area contributed by atoms with Crippen LogP contribution in [0.3, 0.4) is 0 Å². The number of carbonyl (C=O) groups is 6. The lowest BCUT2D eigenvalue weighted by molar-refractivity contribution is -0.153. The summed E-state index contributed by atoms with van der Waals surface area (Å²) in [7, 11) is 0. The second-order valence-corrected chi connectivity index (χ2v) is 26.4. The largest absolute Gasteiger partial charge is 0.484 e. The summed E-state index contributed by atoms with van der Waals surface area (Å²) >= 11 is 0. The molecule has 0 bridgehead atoms. The number of ether oxygens (including phenoxy) is 3. The molecule has 3 aliphatic carbocycles. The first-order valence-electron chi connectivity index (χ1n) is 32.6. The molecule has 6 aliphatic rings. The molecule has 3 saturated carbocycles. The van der Waals surface area contributed by atoms with Crippen LogP contribution in [-0.4, -0.2) is 142 Å². The van der Waals surface area contributed by atoms with Crippen molar-refractivity contribution in [2.75, 3.05) is 63.1 Å². The van der Waals surface area contributed by atoms with Crippen LogP contribution in [-0.2, 0) is 14.4 Å². The number of nitrogens with two attached hydrogens (primary N) is 6. The Bertz CT molecular complexity index is 4560. The Kier molecular flexibility index (Phi) is 18.9. The van der Waals surface area contributed by atoms with Crippen LogP contribution >= 0.6 is 0 Å². The highest BCUT2D eigenvalue weighted by Crippen LogP contribution is 2.57. The van der Waals surface area contributed by atoms with Gasteiger partial charge in [-0.15, -0.1) is 0 Å². The van der Waals surface area contributed by atoms with E-state index in [1.807, 2.05) is 70.5 Å². The number of para-hydroxylation sites is 2. The van der Waals surface area contributed by atoms with Crippen LogP contribution in [0.5, 0.6) is 28.7 Å². The molecular weight excluding hydrogens is 1300 g/mol. The monoisotopic (exact) mass is 1380 g/mol. The van der Waals surface area contributed by atoms with Crippen LogP contribution in [0.2, 0.25) is 0 Å². The van der Waals surface area contributed by atoms with Crippen molar-refractivity contribution < 1.29 is 56.1 Å². The molecule has 14 rings (SSSR count). The van der Waals surface area contributed by atoms with Crippen molar-refractivity contribution in [3.8, 4) is 74.6 Å². The van der Waals surface area contributed by atoms with Crippen LogP contribution in [0.25, 0.3) is 34.0 Å². The summed E-state index contributed by atoms with van der Waals surface area (Å²) < 4.78 is 58.2. The molecule has 29 heteroatoms. The number of benzene rings is 3. The Balaban J connectivity index is 0.000000143. The molecule has 3 saturated heterocycles. The number of likely N-dealkylation sites (tertiary alicyclic amines) is 3. The Morgan fingerprint density at radius 2 is 0.911 bits per heavy atom. The molecule has 6 fully saturated rings. The maximum atomic E-state index is 12.3. The van der Waals surface area contributed by atoms with Crippen molar-refractivity contribution >= 4 is 52.9 Å². The molecule has 0 atom stereocenters. The number of amides is 6. The second-order valence-electron chi connectivity index (χ2n) is 26.4. The van der Waals surface area contributed by atoms with Gasteiger partial charge >= 0.3 is 6.18 Å². The van der Waals surface area contributed by atoms with E-state index in [2.05, 4.69) is 50.3 Å². The third-order valence-electron chi connectivity index (χ3n) is 19.5. The van der Waals surface area contributed by atoms with Gasteiger partial charge in [0.2, 0.25) is 11.8 Å². The molecule has 101 heavy (non-hydrogen) atoms. The minimum atomic E-state index is -4.44. The predicted octanol–water partition coefficient (Wildman–Crippen LogP) is 8.68. The molecule has 8 aromatic rings. The molecule has 0 radical (unpaired) electrons. The summed E-state index contributed by atoms with van der Waals surface area (Å²) in [5.74, 6) is 6.13. The van der Waals surface area contributed by atoms with Crippen molar-refractivity contribution in [2.24, 2.45) is 33.4 Å². The second kappa shape index (κ2) is 27.7. The zero-order valence-corrected chi connectivity index (χ0v) is 55.1.